The maximum absolute atomic E-state index is 12.1. The van der Waals surface area contributed by atoms with Crippen LogP contribution in [0.2, 0.25) is 0 Å². The smallest absolute Gasteiger partial charge is 0.240 e. The Morgan fingerprint density at radius 3 is 2.52 bits per heavy atom. The zero-order chi connectivity index (χ0) is 18.0. The highest BCUT2D eigenvalue weighted by Crippen LogP contribution is 2.31. The highest BCUT2D eigenvalue weighted by molar-refractivity contribution is 7.89. The topological polar surface area (TPSA) is 88.9 Å². The lowest BCUT2D eigenvalue weighted by molar-refractivity contribution is 0.588. The fourth-order valence-electron chi connectivity index (χ4n) is 2.36. The predicted octanol–water partition coefficient (Wildman–Crippen LogP) is 2.44. The monoisotopic (exact) mass is 357 g/mol. The van der Waals surface area contributed by atoms with Crippen LogP contribution in [0.3, 0.4) is 0 Å². The van der Waals surface area contributed by atoms with Gasteiger partial charge in [-0.25, -0.2) is 23.1 Å². The Kier molecular flexibility index (Phi) is 4.56. The number of imidazole rings is 1. The second-order valence-corrected chi connectivity index (χ2v) is 7.57. The van der Waals surface area contributed by atoms with Gasteiger partial charge in [-0.15, -0.1) is 0 Å². The molecule has 1 aromatic carbocycles. The first-order valence-corrected chi connectivity index (χ1v) is 9.13. The van der Waals surface area contributed by atoms with Crippen LogP contribution in [-0.4, -0.2) is 30.0 Å². The minimum atomic E-state index is -3.55. The maximum Gasteiger partial charge on any atom is 0.240 e. The molecule has 8 heteroatoms. The molecule has 2 N–H and O–H groups in total. The molecule has 2 heterocycles. The summed E-state index contributed by atoms with van der Waals surface area (Å²) in [4.78, 5) is 8.85. The van der Waals surface area contributed by atoms with E-state index in [4.69, 9.17) is 0 Å². The van der Waals surface area contributed by atoms with Crippen LogP contribution in [0.15, 0.2) is 53.9 Å². The first kappa shape index (κ1) is 17.1. The summed E-state index contributed by atoms with van der Waals surface area (Å²) in [6.45, 7) is 1.97. The molecule has 0 aliphatic heterocycles. The van der Waals surface area contributed by atoms with Gasteiger partial charge in [0.05, 0.1) is 16.9 Å². The zero-order valence-electron chi connectivity index (χ0n) is 14.2. The standard InChI is InChI=1S/C17H19N5O2S/c1-12-4-7-17(19-9-12)21-15-6-5-13(25(23,24)18-2)8-14(15)16-10-22(3)11-20-16/h4-11,18H,1-3H3,(H,19,21). The van der Waals surface area contributed by atoms with Crippen molar-refractivity contribution in [2.24, 2.45) is 7.05 Å². The van der Waals surface area contributed by atoms with E-state index in [-0.39, 0.29) is 4.90 Å². The number of nitrogens with one attached hydrogen (secondary N) is 2. The van der Waals surface area contributed by atoms with Crippen LogP contribution in [0.25, 0.3) is 11.3 Å². The zero-order valence-corrected chi connectivity index (χ0v) is 15.0. The number of pyridine rings is 1. The molecule has 3 aromatic rings. The van der Waals surface area contributed by atoms with E-state index in [1.54, 1.807) is 30.7 Å². The van der Waals surface area contributed by atoms with Crippen molar-refractivity contribution in [2.45, 2.75) is 11.8 Å². The number of benzene rings is 1. The highest BCUT2D eigenvalue weighted by atomic mass is 32.2. The van der Waals surface area contributed by atoms with Gasteiger partial charge in [-0.2, -0.15) is 0 Å². The largest absolute Gasteiger partial charge is 0.340 e. The number of rotatable bonds is 5. The number of anilines is 2. The van der Waals surface area contributed by atoms with Gasteiger partial charge >= 0.3 is 0 Å². The third-order valence-electron chi connectivity index (χ3n) is 3.72. The predicted molar refractivity (Wildman–Crippen MR) is 97.1 cm³/mol. The van der Waals surface area contributed by atoms with Crippen molar-refractivity contribution in [2.75, 3.05) is 12.4 Å². The highest BCUT2D eigenvalue weighted by Gasteiger charge is 2.16. The van der Waals surface area contributed by atoms with E-state index in [0.29, 0.717) is 17.1 Å². The summed E-state index contributed by atoms with van der Waals surface area (Å²) in [6, 6.07) is 8.70. The average Bonchev–Trinajstić information content (AvgIpc) is 3.03. The third-order valence-corrected chi connectivity index (χ3v) is 5.14. The van der Waals surface area contributed by atoms with Crippen molar-refractivity contribution in [3.05, 3.63) is 54.6 Å². The summed E-state index contributed by atoms with van der Waals surface area (Å²) in [7, 11) is -0.298. The van der Waals surface area contributed by atoms with Crippen LogP contribution >= 0.6 is 0 Å². The van der Waals surface area contributed by atoms with Crippen molar-refractivity contribution < 1.29 is 8.42 Å². The minimum absolute atomic E-state index is 0.179. The molecule has 3 rings (SSSR count). The van der Waals surface area contributed by atoms with Crippen LogP contribution in [0.4, 0.5) is 11.5 Å². The first-order chi connectivity index (χ1) is 11.9. The third kappa shape index (κ3) is 3.70. The molecule has 130 valence electrons. The number of sulfonamides is 1. The normalized spacial score (nSPS) is 11.5. The molecular formula is C17H19N5O2S. The van der Waals surface area contributed by atoms with Gasteiger partial charge in [-0.3, -0.25) is 0 Å². The van der Waals surface area contributed by atoms with Crippen LogP contribution in [0, 0.1) is 6.92 Å². The fourth-order valence-corrected chi connectivity index (χ4v) is 3.12. The van der Waals surface area contributed by atoms with E-state index in [9.17, 15) is 8.42 Å². The van der Waals surface area contributed by atoms with Crippen LogP contribution in [0.5, 0.6) is 0 Å². The molecule has 0 saturated heterocycles. The van der Waals surface area contributed by atoms with Gasteiger partial charge in [0, 0.05) is 30.7 Å². The molecule has 0 spiro atoms. The molecule has 0 amide bonds. The lowest BCUT2D eigenvalue weighted by atomic mass is 10.1. The Morgan fingerprint density at radius 2 is 1.92 bits per heavy atom. The van der Waals surface area contributed by atoms with Crippen LogP contribution < -0.4 is 10.0 Å². The summed E-state index contributed by atoms with van der Waals surface area (Å²) < 4.78 is 28.4. The summed E-state index contributed by atoms with van der Waals surface area (Å²) in [5, 5.41) is 3.23. The second kappa shape index (κ2) is 6.66. The van der Waals surface area contributed by atoms with Crippen molar-refractivity contribution >= 4 is 21.5 Å². The number of hydrogen-bond acceptors (Lipinski definition) is 5. The Hall–Kier alpha value is -2.71. The van der Waals surface area contributed by atoms with Gasteiger partial charge in [-0.1, -0.05) is 6.07 Å². The molecule has 0 aliphatic rings. The lowest BCUT2D eigenvalue weighted by Gasteiger charge is -2.12. The summed E-state index contributed by atoms with van der Waals surface area (Å²) in [6.07, 6.45) is 5.27. The van der Waals surface area contributed by atoms with Crippen molar-refractivity contribution in [1.82, 2.24) is 19.3 Å². The van der Waals surface area contributed by atoms with Gasteiger partial charge in [0.2, 0.25) is 10.0 Å². The Balaban J connectivity index is 2.09. The van der Waals surface area contributed by atoms with Gasteiger partial charge in [0.25, 0.3) is 0 Å². The maximum atomic E-state index is 12.1. The number of nitrogens with zero attached hydrogens (tertiary/aromatic N) is 3. The van der Waals surface area contributed by atoms with E-state index in [2.05, 4.69) is 20.0 Å². The second-order valence-electron chi connectivity index (χ2n) is 5.69. The van der Waals surface area contributed by atoms with Crippen LogP contribution in [0.1, 0.15) is 5.56 Å². The lowest BCUT2D eigenvalue weighted by Crippen LogP contribution is -2.18. The van der Waals surface area contributed by atoms with Gasteiger partial charge in [0.15, 0.2) is 0 Å². The van der Waals surface area contributed by atoms with Crippen molar-refractivity contribution in [3.8, 4) is 11.3 Å². The molecule has 0 aliphatic carbocycles. The summed E-state index contributed by atoms with van der Waals surface area (Å²) in [5.74, 6) is 0.673. The Labute approximate surface area is 146 Å². The van der Waals surface area contributed by atoms with E-state index < -0.39 is 10.0 Å². The molecule has 0 atom stereocenters. The Bertz CT molecular complexity index is 994. The first-order valence-electron chi connectivity index (χ1n) is 7.64. The van der Waals surface area contributed by atoms with Gasteiger partial charge in [0.1, 0.15) is 5.82 Å². The SMILES string of the molecule is CNS(=O)(=O)c1ccc(Nc2ccc(C)cn2)c(-c2cn(C)cn2)c1. The molecule has 7 nitrogen and oxygen atoms in total. The molecular weight excluding hydrogens is 338 g/mol. The summed E-state index contributed by atoms with van der Waals surface area (Å²) in [5.41, 5.74) is 3.14. The van der Waals surface area contributed by atoms with E-state index in [1.165, 1.54) is 7.05 Å². The quantitative estimate of drug-likeness (QED) is 0.732. The van der Waals surface area contributed by atoms with E-state index >= 15 is 0 Å². The van der Waals surface area contributed by atoms with Gasteiger partial charge < -0.3 is 9.88 Å². The molecule has 2 aromatic heterocycles. The van der Waals surface area contributed by atoms with E-state index in [1.807, 2.05) is 36.9 Å². The number of hydrogen-bond donors (Lipinski definition) is 2. The molecule has 25 heavy (non-hydrogen) atoms. The average molecular weight is 357 g/mol. The fraction of sp³-hybridized carbons (Fsp3) is 0.176. The summed E-state index contributed by atoms with van der Waals surface area (Å²) >= 11 is 0. The molecule has 0 bridgehead atoms. The van der Waals surface area contributed by atoms with Crippen molar-refractivity contribution in [1.29, 1.82) is 0 Å². The van der Waals surface area contributed by atoms with Crippen molar-refractivity contribution in [3.63, 3.8) is 0 Å². The van der Waals surface area contributed by atoms with E-state index in [0.717, 1.165) is 11.3 Å². The number of aromatic nitrogens is 3. The van der Waals surface area contributed by atoms with Crippen LogP contribution in [-0.2, 0) is 17.1 Å². The van der Waals surface area contributed by atoms with Gasteiger partial charge in [-0.05, 0) is 43.8 Å². The Morgan fingerprint density at radius 1 is 1.12 bits per heavy atom. The molecule has 0 saturated carbocycles. The molecule has 0 fully saturated rings. The molecule has 0 unspecified atom stereocenters. The minimum Gasteiger partial charge on any atom is -0.340 e. The number of aryl methyl sites for hydroxylation is 2. The molecule has 0 radical (unpaired) electrons.